The highest BCUT2D eigenvalue weighted by Gasteiger charge is 2.09. The molecule has 0 radical (unpaired) electrons. The number of aromatic nitrogens is 2. The molecule has 1 aromatic rings. The van der Waals surface area contributed by atoms with Gasteiger partial charge in [0, 0.05) is 6.07 Å². The molecule has 0 aliphatic carbocycles. The van der Waals surface area contributed by atoms with Gasteiger partial charge in [0.25, 0.3) is 0 Å². The highest BCUT2D eigenvalue weighted by molar-refractivity contribution is 5.82. The van der Waals surface area contributed by atoms with E-state index in [1.54, 1.807) is 13.0 Å². The van der Waals surface area contributed by atoms with Crippen LogP contribution in [0, 0.1) is 0 Å². The second kappa shape index (κ2) is 5.14. The smallest absolute Gasteiger partial charge is 0.239 e. The number of rotatable bonds is 5. The van der Waals surface area contributed by atoms with Crippen molar-refractivity contribution < 1.29 is 9.53 Å². The molecule has 0 aliphatic rings. The largest absolute Gasteiger partial charge is 0.478 e. The van der Waals surface area contributed by atoms with Gasteiger partial charge in [0.2, 0.25) is 11.8 Å². The predicted octanol–water partition coefficient (Wildman–Crippen LogP) is 0.161. The minimum atomic E-state index is -0.477. The Morgan fingerprint density at radius 3 is 3.00 bits per heavy atom. The van der Waals surface area contributed by atoms with Crippen LogP contribution in [0.4, 0.5) is 5.82 Å². The van der Waals surface area contributed by atoms with Crippen molar-refractivity contribution in [1.29, 1.82) is 0 Å². The molecule has 1 atom stereocenters. The number of amides is 1. The summed E-state index contributed by atoms with van der Waals surface area (Å²) in [6, 6.07) is 1.14. The lowest BCUT2D eigenvalue weighted by Gasteiger charge is -2.10. The van der Waals surface area contributed by atoms with Crippen molar-refractivity contribution in [3.8, 4) is 5.88 Å². The van der Waals surface area contributed by atoms with E-state index in [0.29, 0.717) is 18.3 Å². The normalized spacial score (nSPS) is 11.9. The molecule has 1 aromatic heterocycles. The molecule has 0 aromatic carbocycles. The lowest BCUT2D eigenvalue weighted by atomic mass is 10.3. The van der Waals surface area contributed by atoms with Gasteiger partial charge in [-0.1, -0.05) is 0 Å². The second-order valence-corrected chi connectivity index (χ2v) is 2.94. The fraction of sp³-hybridized carbons (Fsp3) is 0.444. The summed E-state index contributed by atoms with van der Waals surface area (Å²) in [4.78, 5) is 18.6. The van der Waals surface area contributed by atoms with E-state index in [2.05, 4.69) is 15.3 Å². The summed E-state index contributed by atoms with van der Waals surface area (Å²) in [6.07, 6.45) is 1.36. The summed E-state index contributed by atoms with van der Waals surface area (Å²) >= 11 is 0. The monoisotopic (exact) mass is 210 g/mol. The summed E-state index contributed by atoms with van der Waals surface area (Å²) in [5, 5.41) is 2.83. The minimum Gasteiger partial charge on any atom is -0.478 e. The van der Waals surface area contributed by atoms with Crippen molar-refractivity contribution in [2.24, 2.45) is 5.73 Å². The molecule has 1 unspecified atom stereocenters. The average Bonchev–Trinajstić information content (AvgIpc) is 2.18. The lowest BCUT2D eigenvalue weighted by molar-refractivity contribution is -0.118. The number of hydrogen-bond donors (Lipinski definition) is 2. The topological polar surface area (TPSA) is 90.1 Å². The molecular formula is C9H14N4O2. The molecule has 6 nitrogen and oxygen atoms in total. The zero-order chi connectivity index (χ0) is 11.3. The molecule has 15 heavy (non-hydrogen) atoms. The van der Waals surface area contributed by atoms with Crippen LogP contribution in [0.1, 0.15) is 13.8 Å². The van der Waals surface area contributed by atoms with E-state index in [1.165, 1.54) is 6.33 Å². The molecule has 82 valence electrons. The van der Waals surface area contributed by atoms with Gasteiger partial charge in [-0.15, -0.1) is 0 Å². The van der Waals surface area contributed by atoms with Gasteiger partial charge in [-0.05, 0) is 13.8 Å². The van der Waals surface area contributed by atoms with Gasteiger partial charge >= 0.3 is 0 Å². The summed E-state index contributed by atoms with van der Waals surface area (Å²) in [5.41, 5.74) is 5.10. The van der Waals surface area contributed by atoms with Crippen LogP contribution < -0.4 is 15.8 Å². The fourth-order valence-corrected chi connectivity index (χ4v) is 0.938. The van der Waals surface area contributed by atoms with Crippen molar-refractivity contribution in [2.45, 2.75) is 19.9 Å². The van der Waals surface area contributed by atoms with E-state index in [4.69, 9.17) is 10.5 Å². The van der Waals surface area contributed by atoms with E-state index >= 15 is 0 Å². The maximum absolute atomic E-state index is 10.8. The number of carbonyl (C=O) groups is 1. The molecule has 3 N–H and O–H groups in total. The maximum Gasteiger partial charge on any atom is 0.239 e. The number of nitrogens with zero attached hydrogens (tertiary/aromatic N) is 2. The molecule has 0 saturated heterocycles. The van der Waals surface area contributed by atoms with Crippen molar-refractivity contribution in [2.75, 3.05) is 11.9 Å². The Morgan fingerprint density at radius 2 is 2.40 bits per heavy atom. The van der Waals surface area contributed by atoms with Gasteiger partial charge in [-0.25, -0.2) is 9.97 Å². The van der Waals surface area contributed by atoms with E-state index in [0.717, 1.165) is 0 Å². The van der Waals surface area contributed by atoms with Crippen molar-refractivity contribution >= 4 is 11.7 Å². The highest BCUT2D eigenvalue weighted by atomic mass is 16.5. The summed E-state index contributed by atoms with van der Waals surface area (Å²) in [5.74, 6) is 0.540. The van der Waals surface area contributed by atoms with Gasteiger partial charge in [0.15, 0.2) is 0 Å². The SMILES string of the molecule is CCOc1cc(NC(C)C(N)=O)ncn1. The molecule has 6 heteroatoms. The molecule has 1 amide bonds. The van der Waals surface area contributed by atoms with Crippen molar-refractivity contribution in [1.82, 2.24) is 9.97 Å². The first-order valence-electron chi connectivity index (χ1n) is 4.64. The van der Waals surface area contributed by atoms with Gasteiger partial charge in [0.1, 0.15) is 18.2 Å². The first-order valence-corrected chi connectivity index (χ1v) is 4.64. The van der Waals surface area contributed by atoms with Gasteiger partial charge in [-0.3, -0.25) is 4.79 Å². The number of anilines is 1. The van der Waals surface area contributed by atoms with Crippen LogP contribution in [-0.4, -0.2) is 28.5 Å². The van der Waals surface area contributed by atoms with E-state index in [9.17, 15) is 4.79 Å². The summed E-state index contributed by atoms with van der Waals surface area (Å²) in [7, 11) is 0. The van der Waals surface area contributed by atoms with Crippen LogP contribution in [0.5, 0.6) is 5.88 Å². The maximum atomic E-state index is 10.8. The number of carbonyl (C=O) groups excluding carboxylic acids is 1. The second-order valence-electron chi connectivity index (χ2n) is 2.94. The molecule has 0 saturated carbocycles. The highest BCUT2D eigenvalue weighted by Crippen LogP contribution is 2.11. The fourth-order valence-electron chi connectivity index (χ4n) is 0.938. The number of nitrogens with two attached hydrogens (primary N) is 1. The Balaban J connectivity index is 2.68. The zero-order valence-electron chi connectivity index (χ0n) is 8.73. The first-order chi connectivity index (χ1) is 7.13. The number of ether oxygens (including phenoxy) is 1. The third-order valence-electron chi connectivity index (χ3n) is 1.73. The van der Waals surface area contributed by atoms with Crippen LogP contribution in [0.2, 0.25) is 0 Å². The first kappa shape index (κ1) is 11.2. The summed E-state index contributed by atoms with van der Waals surface area (Å²) in [6.45, 7) is 4.05. The molecule has 1 rings (SSSR count). The Labute approximate surface area is 87.9 Å². The number of hydrogen-bond acceptors (Lipinski definition) is 5. The number of primary amides is 1. The van der Waals surface area contributed by atoms with Gasteiger partial charge in [0.05, 0.1) is 6.61 Å². The molecule has 0 fully saturated rings. The van der Waals surface area contributed by atoms with Crippen LogP contribution in [0.3, 0.4) is 0 Å². The van der Waals surface area contributed by atoms with Crippen LogP contribution in [0.15, 0.2) is 12.4 Å². The lowest BCUT2D eigenvalue weighted by Crippen LogP contribution is -2.32. The third kappa shape index (κ3) is 3.41. The van der Waals surface area contributed by atoms with Crippen molar-refractivity contribution in [3.63, 3.8) is 0 Å². The predicted molar refractivity (Wildman–Crippen MR) is 55.5 cm³/mol. The van der Waals surface area contributed by atoms with Crippen molar-refractivity contribution in [3.05, 3.63) is 12.4 Å². The third-order valence-corrected chi connectivity index (χ3v) is 1.73. The van der Waals surface area contributed by atoms with E-state index in [-0.39, 0.29) is 0 Å². The Morgan fingerprint density at radius 1 is 1.67 bits per heavy atom. The molecule has 0 aliphatic heterocycles. The van der Waals surface area contributed by atoms with Crippen LogP contribution in [-0.2, 0) is 4.79 Å². The quantitative estimate of drug-likeness (QED) is 0.722. The van der Waals surface area contributed by atoms with Gasteiger partial charge < -0.3 is 15.8 Å². The molecule has 0 bridgehead atoms. The average molecular weight is 210 g/mol. The van der Waals surface area contributed by atoms with Crippen LogP contribution in [0.25, 0.3) is 0 Å². The number of nitrogens with one attached hydrogen (secondary N) is 1. The Kier molecular flexibility index (Phi) is 3.84. The van der Waals surface area contributed by atoms with Gasteiger partial charge in [-0.2, -0.15) is 0 Å². The minimum absolute atomic E-state index is 0.438. The van der Waals surface area contributed by atoms with E-state index in [1.807, 2.05) is 6.92 Å². The Bertz CT molecular complexity index is 343. The standard InChI is InChI=1S/C9H14N4O2/c1-3-15-8-4-7(11-5-12-8)13-6(2)9(10)14/h4-6H,3H2,1-2H3,(H2,10,14)(H,11,12,13). The summed E-state index contributed by atoms with van der Waals surface area (Å²) < 4.78 is 5.18. The molecular weight excluding hydrogens is 196 g/mol. The zero-order valence-corrected chi connectivity index (χ0v) is 8.73. The van der Waals surface area contributed by atoms with E-state index < -0.39 is 11.9 Å². The van der Waals surface area contributed by atoms with Crippen LogP contribution >= 0.6 is 0 Å². The molecule has 0 spiro atoms. The molecule has 1 heterocycles. The Hall–Kier alpha value is -1.85.